The number of fused-ring (bicyclic) bond motifs is 1. The summed E-state index contributed by atoms with van der Waals surface area (Å²) in [5.41, 5.74) is 3.21. The maximum atomic E-state index is 13.4. The van der Waals surface area contributed by atoms with Crippen molar-refractivity contribution in [2.75, 3.05) is 12.4 Å². The lowest BCUT2D eigenvalue weighted by atomic mass is 10.0. The first kappa shape index (κ1) is 20.5. The zero-order chi connectivity index (χ0) is 22.0. The van der Waals surface area contributed by atoms with Crippen LogP contribution in [0.2, 0.25) is 0 Å². The summed E-state index contributed by atoms with van der Waals surface area (Å²) in [6, 6.07) is 11.3. The SMILES string of the molecule is CNC(=O)c1c(-c2ccc(F)cc2)oc2cc(NCc3ccoc3)c(OC(C)C)cc12. The third-order valence-corrected chi connectivity index (χ3v) is 4.78. The van der Waals surface area contributed by atoms with E-state index in [-0.39, 0.29) is 17.8 Å². The van der Waals surface area contributed by atoms with Gasteiger partial charge in [0.15, 0.2) is 0 Å². The summed E-state index contributed by atoms with van der Waals surface area (Å²) in [6.45, 7) is 4.40. The molecule has 0 aliphatic carbocycles. The Balaban J connectivity index is 1.85. The Morgan fingerprint density at radius 2 is 1.94 bits per heavy atom. The van der Waals surface area contributed by atoms with E-state index in [0.29, 0.717) is 40.2 Å². The molecule has 0 aliphatic rings. The van der Waals surface area contributed by atoms with Gasteiger partial charge in [0, 0.05) is 36.2 Å². The highest BCUT2D eigenvalue weighted by Crippen LogP contribution is 2.39. The molecule has 7 heteroatoms. The Bertz CT molecular complexity index is 1190. The quantitative estimate of drug-likeness (QED) is 0.406. The molecule has 0 spiro atoms. The van der Waals surface area contributed by atoms with Crippen LogP contribution in [0.15, 0.2) is 63.8 Å². The number of benzene rings is 2. The molecule has 0 saturated heterocycles. The number of hydrogen-bond donors (Lipinski definition) is 2. The Morgan fingerprint density at radius 3 is 2.58 bits per heavy atom. The van der Waals surface area contributed by atoms with Crippen LogP contribution in [0.5, 0.6) is 5.75 Å². The number of halogens is 1. The smallest absolute Gasteiger partial charge is 0.255 e. The minimum Gasteiger partial charge on any atom is -0.489 e. The van der Waals surface area contributed by atoms with Gasteiger partial charge in [0.1, 0.15) is 22.9 Å². The lowest BCUT2D eigenvalue weighted by Gasteiger charge is -2.15. The van der Waals surface area contributed by atoms with E-state index in [9.17, 15) is 9.18 Å². The van der Waals surface area contributed by atoms with Gasteiger partial charge in [-0.15, -0.1) is 0 Å². The molecule has 2 heterocycles. The van der Waals surface area contributed by atoms with Crippen LogP contribution in [0.25, 0.3) is 22.3 Å². The fourth-order valence-corrected chi connectivity index (χ4v) is 3.36. The van der Waals surface area contributed by atoms with E-state index in [0.717, 1.165) is 11.3 Å². The van der Waals surface area contributed by atoms with Gasteiger partial charge in [-0.2, -0.15) is 0 Å². The lowest BCUT2D eigenvalue weighted by molar-refractivity contribution is 0.0964. The van der Waals surface area contributed by atoms with Gasteiger partial charge in [-0.1, -0.05) is 0 Å². The second-order valence-electron chi connectivity index (χ2n) is 7.39. The molecule has 0 radical (unpaired) electrons. The highest BCUT2D eigenvalue weighted by Gasteiger charge is 2.23. The topological polar surface area (TPSA) is 76.6 Å². The maximum Gasteiger partial charge on any atom is 0.255 e. The van der Waals surface area contributed by atoms with Crippen molar-refractivity contribution in [1.82, 2.24) is 5.32 Å². The van der Waals surface area contributed by atoms with E-state index < -0.39 is 0 Å². The average Bonchev–Trinajstić information content (AvgIpc) is 3.39. The first-order valence-corrected chi connectivity index (χ1v) is 9.96. The van der Waals surface area contributed by atoms with Crippen molar-refractivity contribution in [3.8, 4) is 17.1 Å². The normalized spacial score (nSPS) is 11.1. The molecule has 4 rings (SSSR count). The maximum absolute atomic E-state index is 13.4. The minimum absolute atomic E-state index is 0.0705. The molecule has 2 aromatic heterocycles. The van der Waals surface area contributed by atoms with Crippen LogP contribution in [0, 0.1) is 5.82 Å². The van der Waals surface area contributed by atoms with Gasteiger partial charge in [-0.05, 0) is 50.2 Å². The third kappa shape index (κ3) is 4.26. The van der Waals surface area contributed by atoms with Gasteiger partial charge >= 0.3 is 0 Å². The molecule has 0 fully saturated rings. The first-order chi connectivity index (χ1) is 15.0. The molecule has 0 saturated carbocycles. The van der Waals surface area contributed by atoms with Gasteiger partial charge in [0.25, 0.3) is 5.91 Å². The van der Waals surface area contributed by atoms with Crippen LogP contribution in [0.3, 0.4) is 0 Å². The van der Waals surface area contributed by atoms with E-state index in [1.54, 1.807) is 37.8 Å². The lowest BCUT2D eigenvalue weighted by Crippen LogP contribution is -2.18. The van der Waals surface area contributed by atoms with Crippen LogP contribution in [-0.4, -0.2) is 19.1 Å². The highest BCUT2D eigenvalue weighted by molar-refractivity contribution is 6.12. The largest absolute Gasteiger partial charge is 0.489 e. The van der Waals surface area contributed by atoms with E-state index in [4.69, 9.17) is 13.6 Å². The molecule has 31 heavy (non-hydrogen) atoms. The highest BCUT2D eigenvalue weighted by atomic mass is 19.1. The summed E-state index contributed by atoms with van der Waals surface area (Å²) in [6.07, 6.45) is 3.21. The number of amides is 1. The predicted molar refractivity (Wildman–Crippen MR) is 117 cm³/mol. The Labute approximate surface area is 179 Å². The second kappa shape index (κ2) is 8.55. The number of anilines is 1. The summed E-state index contributed by atoms with van der Waals surface area (Å²) >= 11 is 0. The minimum atomic E-state index is -0.361. The molecular weight excluding hydrogens is 399 g/mol. The Hall–Kier alpha value is -3.74. The standard InChI is InChI=1S/C24H23FN2O4/c1-14(2)30-21-10-18-20(11-19(21)27-12-15-8-9-29-13-15)31-23(22(18)24(28)26-3)16-4-6-17(25)7-5-16/h4-11,13-14,27H,12H2,1-3H3,(H,26,28). The van der Waals surface area contributed by atoms with Crippen LogP contribution in [0.4, 0.5) is 10.1 Å². The summed E-state index contributed by atoms with van der Waals surface area (Å²) in [5, 5.41) is 6.61. The number of carbonyl (C=O) groups is 1. The zero-order valence-electron chi connectivity index (χ0n) is 17.5. The van der Waals surface area contributed by atoms with Gasteiger partial charge < -0.3 is 24.2 Å². The Morgan fingerprint density at radius 1 is 1.16 bits per heavy atom. The Kier molecular flexibility index (Phi) is 5.66. The molecule has 2 aromatic carbocycles. The van der Waals surface area contributed by atoms with E-state index in [1.807, 2.05) is 26.0 Å². The molecule has 2 N–H and O–H groups in total. The van der Waals surface area contributed by atoms with E-state index >= 15 is 0 Å². The zero-order valence-corrected chi connectivity index (χ0v) is 17.5. The summed E-state index contributed by atoms with van der Waals surface area (Å²) in [4.78, 5) is 12.7. The van der Waals surface area contributed by atoms with Crippen molar-refractivity contribution >= 4 is 22.6 Å². The van der Waals surface area contributed by atoms with Crippen LogP contribution >= 0.6 is 0 Å². The van der Waals surface area contributed by atoms with Crippen LogP contribution in [-0.2, 0) is 6.54 Å². The molecule has 1 amide bonds. The molecule has 160 valence electrons. The number of furan rings is 2. The second-order valence-corrected chi connectivity index (χ2v) is 7.39. The van der Waals surface area contributed by atoms with Crippen molar-refractivity contribution in [2.45, 2.75) is 26.5 Å². The van der Waals surface area contributed by atoms with Crippen LogP contribution < -0.4 is 15.4 Å². The molecule has 0 bridgehead atoms. The van der Waals surface area contributed by atoms with Crippen LogP contribution in [0.1, 0.15) is 29.8 Å². The molecule has 0 unspecified atom stereocenters. The van der Waals surface area contributed by atoms with Gasteiger partial charge in [-0.3, -0.25) is 4.79 Å². The van der Waals surface area contributed by atoms with Crippen molar-refractivity contribution in [3.05, 3.63) is 71.9 Å². The predicted octanol–water partition coefficient (Wildman–Crippen LogP) is 5.59. The number of carbonyl (C=O) groups excluding carboxylic acids is 1. The summed E-state index contributed by atoms with van der Waals surface area (Å²) in [5.74, 6) is 0.312. The monoisotopic (exact) mass is 422 g/mol. The molecule has 0 aliphatic heterocycles. The van der Waals surface area contributed by atoms with E-state index in [1.165, 1.54) is 12.1 Å². The molecule has 6 nitrogen and oxygen atoms in total. The summed E-state index contributed by atoms with van der Waals surface area (Å²) in [7, 11) is 1.56. The number of rotatable bonds is 7. The molecular formula is C24H23FN2O4. The van der Waals surface area contributed by atoms with Gasteiger partial charge in [-0.25, -0.2) is 4.39 Å². The first-order valence-electron chi connectivity index (χ1n) is 9.96. The average molecular weight is 422 g/mol. The third-order valence-electron chi connectivity index (χ3n) is 4.78. The summed E-state index contributed by atoms with van der Waals surface area (Å²) < 4.78 is 30.6. The van der Waals surface area contributed by atoms with Crippen molar-refractivity contribution < 1.29 is 22.8 Å². The van der Waals surface area contributed by atoms with Crippen molar-refractivity contribution in [1.29, 1.82) is 0 Å². The fraction of sp³-hybridized carbons (Fsp3) is 0.208. The molecule has 4 aromatic rings. The van der Waals surface area contributed by atoms with Crippen molar-refractivity contribution in [3.63, 3.8) is 0 Å². The molecule has 0 atom stereocenters. The van der Waals surface area contributed by atoms with Crippen molar-refractivity contribution in [2.24, 2.45) is 0 Å². The van der Waals surface area contributed by atoms with Gasteiger partial charge in [0.05, 0.1) is 29.9 Å². The number of nitrogens with one attached hydrogen (secondary N) is 2. The fourth-order valence-electron chi connectivity index (χ4n) is 3.36. The number of hydrogen-bond acceptors (Lipinski definition) is 5. The van der Waals surface area contributed by atoms with Gasteiger partial charge in [0.2, 0.25) is 0 Å². The number of ether oxygens (including phenoxy) is 1. The van der Waals surface area contributed by atoms with E-state index in [2.05, 4.69) is 10.6 Å².